The molecule has 2 N–H and O–H groups in total. The third-order valence-corrected chi connectivity index (χ3v) is 8.12. The number of halogens is 2. The van der Waals surface area contributed by atoms with Crippen LogP contribution in [-0.4, -0.2) is 61.2 Å². The fourth-order valence-corrected chi connectivity index (χ4v) is 6.21. The number of likely N-dealkylation sites (tertiary alicyclic amines) is 1. The number of piperidine rings is 1. The van der Waals surface area contributed by atoms with Crippen LogP contribution in [0.25, 0.3) is 10.9 Å². The summed E-state index contributed by atoms with van der Waals surface area (Å²) in [6, 6.07) is 11.5. The monoisotopic (exact) mass is 531 g/mol. The highest BCUT2D eigenvalue weighted by Crippen LogP contribution is 2.34. The summed E-state index contributed by atoms with van der Waals surface area (Å²) in [5.74, 6) is 1.00. The number of hydrogen-bond donors (Lipinski definition) is 2. The van der Waals surface area contributed by atoms with Crippen LogP contribution in [0.3, 0.4) is 0 Å². The van der Waals surface area contributed by atoms with E-state index in [1.54, 1.807) is 14.2 Å². The summed E-state index contributed by atoms with van der Waals surface area (Å²) in [4.78, 5) is 12.8. The van der Waals surface area contributed by atoms with Gasteiger partial charge in [-0.3, -0.25) is 4.98 Å². The van der Waals surface area contributed by atoms with Crippen LogP contribution in [0.1, 0.15) is 30.9 Å². The normalized spacial score (nSPS) is 19.3. The lowest BCUT2D eigenvalue weighted by molar-refractivity contribution is 0.0434. The molecule has 3 atom stereocenters. The molecule has 0 aliphatic carbocycles. The molecule has 2 heterocycles. The topological polar surface area (TPSA) is 66.9 Å². The Morgan fingerprint density at radius 2 is 1.95 bits per heavy atom. The van der Waals surface area contributed by atoms with Crippen molar-refractivity contribution in [2.45, 2.75) is 30.2 Å². The maximum absolute atomic E-state index is 13.4. The maximum Gasteiger partial charge on any atom is 0.127 e. The summed E-state index contributed by atoms with van der Waals surface area (Å²) in [6.45, 7) is 2.71. The minimum atomic E-state index is -0.552. The number of benzene rings is 2. The van der Waals surface area contributed by atoms with Gasteiger partial charge in [0.1, 0.15) is 17.4 Å². The first-order valence-corrected chi connectivity index (χ1v) is 13.6. The average Bonchev–Trinajstić information content (AvgIpc) is 2.90. The quantitative estimate of drug-likeness (QED) is 0.246. The van der Waals surface area contributed by atoms with E-state index in [4.69, 9.17) is 9.57 Å². The van der Waals surface area contributed by atoms with E-state index < -0.39 is 11.6 Å². The highest BCUT2D eigenvalue weighted by atomic mass is 32.2. The molecule has 3 aromatic rings. The zero-order valence-corrected chi connectivity index (χ0v) is 22.1. The number of nitrogens with zero attached hydrogens (tertiary/aromatic N) is 2. The molecule has 200 valence electrons. The summed E-state index contributed by atoms with van der Waals surface area (Å²) in [5, 5.41) is 11.2. The maximum atomic E-state index is 13.4. The smallest absolute Gasteiger partial charge is 0.127 e. The lowest BCUT2D eigenvalue weighted by atomic mass is 9.81. The Labute approximate surface area is 221 Å². The van der Waals surface area contributed by atoms with E-state index in [1.165, 1.54) is 23.9 Å². The van der Waals surface area contributed by atoms with Crippen molar-refractivity contribution in [3.05, 3.63) is 65.9 Å². The van der Waals surface area contributed by atoms with E-state index in [2.05, 4.69) is 15.4 Å². The van der Waals surface area contributed by atoms with Crippen molar-refractivity contribution < 1.29 is 23.5 Å². The summed E-state index contributed by atoms with van der Waals surface area (Å²) >= 11 is 1.45. The SMILES string of the molecule is CON[C@H](CC[C@@H]1CCN(CCSc2cc(F)cc(F)c2)C[C@@H]1CO)c1ccnc2ccc(OC)cc12. The van der Waals surface area contributed by atoms with Gasteiger partial charge in [0.25, 0.3) is 0 Å². The Morgan fingerprint density at radius 3 is 2.68 bits per heavy atom. The van der Waals surface area contributed by atoms with Gasteiger partial charge >= 0.3 is 0 Å². The van der Waals surface area contributed by atoms with Crippen molar-refractivity contribution in [2.75, 3.05) is 46.2 Å². The molecular weight excluding hydrogens is 496 g/mol. The number of aliphatic hydroxyl groups excluding tert-OH is 1. The summed E-state index contributed by atoms with van der Waals surface area (Å²) in [6.07, 6.45) is 4.62. The van der Waals surface area contributed by atoms with E-state index in [0.717, 1.165) is 72.9 Å². The number of pyridine rings is 1. The Kier molecular flexibility index (Phi) is 10.1. The largest absolute Gasteiger partial charge is 0.497 e. The van der Waals surface area contributed by atoms with E-state index in [-0.39, 0.29) is 18.6 Å². The molecule has 1 aliphatic heterocycles. The molecule has 0 amide bonds. The number of hydrogen-bond acceptors (Lipinski definition) is 7. The Balaban J connectivity index is 1.34. The van der Waals surface area contributed by atoms with Crippen molar-refractivity contribution >= 4 is 22.7 Å². The number of aliphatic hydroxyl groups is 1. The summed E-state index contributed by atoms with van der Waals surface area (Å²) in [7, 11) is 3.28. The molecule has 1 aromatic heterocycles. The lowest BCUT2D eigenvalue weighted by Gasteiger charge is -2.38. The number of nitrogens with one attached hydrogen (secondary N) is 1. The summed E-state index contributed by atoms with van der Waals surface area (Å²) < 4.78 is 32.3. The Bertz CT molecular complexity index is 1150. The Hall–Kier alpha value is -2.30. The minimum absolute atomic E-state index is 0.0250. The molecule has 0 saturated carbocycles. The third kappa shape index (κ3) is 7.39. The molecule has 1 saturated heterocycles. The van der Waals surface area contributed by atoms with E-state index in [1.807, 2.05) is 30.5 Å². The van der Waals surface area contributed by atoms with Gasteiger partial charge in [-0.25, -0.2) is 8.78 Å². The van der Waals surface area contributed by atoms with E-state index in [9.17, 15) is 13.9 Å². The summed E-state index contributed by atoms with van der Waals surface area (Å²) in [5.41, 5.74) is 5.17. The molecule has 1 aliphatic rings. The van der Waals surface area contributed by atoms with Gasteiger partial charge in [-0.2, -0.15) is 5.48 Å². The second-order valence-electron chi connectivity index (χ2n) is 9.48. The van der Waals surface area contributed by atoms with Crippen LogP contribution in [0, 0.1) is 23.5 Å². The fourth-order valence-electron chi connectivity index (χ4n) is 5.23. The number of hydroxylamine groups is 1. The molecule has 37 heavy (non-hydrogen) atoms. The standard InChI is InChI=1S/C28H35F2N3O3S/c1-35-23-4-6-27-26(16-23)25(7-9-31-27)28(32-36-2)5-3-19-8-10-33(17-20(19)18-34)11-12-37-24-14-21(29)13-22(30)15-24/h4,6-7,9,13-16,19-20,28,32,34H,3,5,8,10-12,17-18H2,1-2H3/t19-,20-,28-/m1/s1. The third-order valence-electron chi connectivity index (χ3n) is 7.17. The molecule has 0 unspecified atom stereocenters. The second-order valence-corrected chi connectivity index (χ2v) is 10.6. The molecule has 0 spiro atoms. The van der Waals surface area contributed by atoms with Crippen LogP contribution < -0.4 is 10.2 Å². The fraction of sp³-hybridized carbons (Fsp3) is 0.464. The van der Waals surface area contributed by atoms with Crippen LogP contribution in [0.4, 0.5) is 8.78 Å². The molecule has 6 nitrogen and oxygen atoms in total. The van der Waals surface area contributed by atoms with Gasteiger partial charge in [-0.05, 0) is 79.6 Å². The average molecular weight is 532 g/mol. The van der Waals surface area contributed by atoms with Crippen LogP contribution in [0.5, 0.6) is 5.75 Å². The Morgan fingerprint density at radius 1 is 1.14 bits per heavy atom. The van der Waals surface area contributed by atoms with Gasteiger partial charge in [0.15, 0.2) is 0 Å². The van der Waals surface area contributed by atoms with Crippen molar-refractivity contribution in [1.29, 1.82) is 0 Å². The number of rotatable bonds is 12. The van der Waals surface area contributed by atoms with E-state index >= 15 is 0 Å². The molecule has 2 aromatic carbocycles. The first kappa shape index (κ1) is 27.7. The minimum Gasteiger partial charge on any atom is -0.497 e. The molecule has 4 rings (SSSR count). The predicted molar refractivity (Wildman–Crippen MR) is 143 cm³/mol. The number of fused-ring (bicyclic) bond motifs is 1. The van der Waals surface area contributed by atoms with Crippen LogP contribution in [0.2, 0.25) is 0 Å². The van der Waals surface area contributed by atoms with Crippen molar-refractivity contribution in [1.82, 2.24) is 15.4 Å². The van der Waals surface area contributed by atoms with Crippen LogP contribution in [-0.2, 0) is 4.84 Å². The molecule has 0 bridgehead atoms. The second kappa shape index (κ2) is 13.5. The zero-order chi connectivity index (χ0) is 26.2. The van der Waals surface area contributed by atoms with Crippen LogP contribution in [0.15, 0.2) is 53.6 Å². The highest BCUT2D eigenvalue weighted by Gasteiger charge is 2.29. The number of thioether (sulfide) groups is 1. The number of aromatic nitrogens is 1. The van der Waals surface area contributed by atoms with Gasteiger partial charge in [0.05, 0.1) is 25.8 Å². The lowest BCUT2D eigenvalue weighted by Crippen LogP contribution is -2.43. The molecule has 0 radical (unpaired) electrons. The molecule has 1 fully saturated rings. The van der Waals surface area contributed by atoms with Gasteiger partial charge < -0.3 is 19.6 Å². The number of methoxy groups -OCH3 is 1. The van der Waals surface area contributed by atoms with E-state index in [0.29, 0.717) is 10.8 Å². The van der Waals surface area contributed by atoms with Gasteiger partial charge in [0, 0.05) is 48.0 Å². The van der Waals surface area contributed by atoms with Gasteiger partial charge in [-0.1, -0.05) is 0 Å². The first-order valence-electron chi connectivity index (χ1n) is 12.6. The van der Waals surface area contributed by atoms with Crippen LogP contribution >= 0.6 is 11.8 Å². The van der Waals surface area contributed by atoms with Crippen molar-refractivity contribution in [2.24, 2.45) is 11.8 Å². The first-order chi connectivity index (χ1) is 18.0. The van der Waals surface area contributed by atoms with Crippen molar-refractivity contribution in [3.8, 4) is 5.75 Å². The molecular formula is C28H35F2N3O3S. The highest BCUT2D eigenvalue weighted by molar-refractivity contribution is 7.99. The van der Waals surface area contributed by atoms with Gasteiger partial charge in [-0.15, -0.1) is 11.8 Å². The zero-order valence-electron chi connectivity index (χ0n) is 21.3. The van der Waals surface area contributed by atoms with Crippen molar-refractivity contribution in [3.63, 3.8) is 0 Å². The predicted octanol–water partition coefficient (Wildman–Crippen LogP) is 5.22. The number of ether oxygens (including phenoxy) is 1. The van der Waals surface area contributed by atoms with Gasteiger partial charge in [0.2, 0.25) is 0 Å². The molecule has 9 heteroatoms.